The molecule has 296 valence electrons. The Morgan fingerprint density at radius 3 is 2.19 bits per heavy atom. The van der Waals surface area contributed by atoms with Crippen molar-refractivity contribution in [2.75, 3.05) is 6.61 Å². The predicted molar refractivity (Wildman–Crippen MR) is 211 cm³/mol. The average molecular weight is 831 g/mol. The fraction of sp³-hybridized carbons (Fsp3) is 0.487. The Hall–Kier alpha value is -3.64. The Morgan fingerprint density at radius 1 is 0.981 bits per heavy atom. The molecule has 1 amide bonds. The molecule has 11 nitrogen and oxygen atoms in total. The number of non-ortho nitro benzene ring substituents is 1. The van der Waals surface area contributed by atoms with E-state index in [1.165, 1.54) is 24.3 Å². The van der Waals surface area contributed by atoms with E-state index in [0.29, 0.717) is 22.6 Å². The minimum absolute atomic E-state index is 0.00751. The number of hydrogen-bond donors (Lipinski definition) is 1. The van der Waals surface area contributed by atoms with Gasteiger partial charge in [-0.2, -0.15) is 0 Å². The van der Waals surface area contributed by atoms with Crippen molar-refractivity contribution in [3.63, 3.8) is 0 Å². The number of carbonyl (C=O) groups is 4. The van der Waals surface area contributed by atoms with Gasteiger partial charge in [-0.15, -0.1) is 0 Å². The van der Waals surface area contributed by atoms with Gasteiger partial charge in [0, 0.05) is 35.9 Å². The number of nitrogens with one attached hydrogen (secondary N) is 1. The molecule has 0 spiro atoms. The first kappa shape index (κ1) is 46.5. The third-order valence-electron chi connectivity index (χ3n) is 8.48. The Kier molecular flexibility index (Phi) is 18.5. The maximum atomic E-state index is 13.6. The molecule has 0 fully saturated rings. The van der Waals surface area contributed by atoms with Crippen molar-refractivity contribution in [1.29, 1.82) is 0 Å². The summed E-state index contributed by atoms with van der Waals surface area (Å²) in [5.41, 5.74) is 1.26. The van der Waals surface area contributed by atoms with Crippen molar-refractivity contribution >= 4 is 82.0 Å². The number of alkyl halides is 3. The van der Waals surface area contributed by atoms with Crippen molar-refractivity contribution in [2.24, 2.45) is 17.3 Å². The Labute approximate surface area is 336 Å². The number of carbonyl (C=O) groups excluding carboxylic acids is 4. The van der Waals surface area contributed by atoms with Gasteiger partial charge in [-0.25, -0.2) is 9.59 Å². The smallest absolute Gasteiger partial charge is 0.347 e. The highest BCUT2D eigenvalue weighted by molar-refractivity contribution is 6.67. The number of benzene rings is 2. The second-order valence-corrected chi connectivity index (χ2v) is 16.9. The van der Waals surface area contributed by atoms with Crippen molar-refractivity contribution < 1.29 is 38.3 Å². The predicted octanol–water partition coefficient (Wildman–Crippen LogP) is 9.10. The quantitative estimate of drug-likeness (QED) is 0.0365. The van der Waals surface area contributed by atoms with Crippen LogP contribution in [0.25, 0.3) is 6.08 Å². The van der Waals surface area contributed by atoms with Crippen LogP contribution in [0.4, 0.5) is 5.69 Å². The molecule has 0 saturated carbocycles. The molecule has 54 heavy (non-hydrogen) atoms. The zero-order valence-corrected chi connectivity index (χ0v) is 34.4. The maximum Gasteiger partial charge on any atom is 0.347 e. The molecule has 0 saturated heterocycles. The molecule has 15 heteroatoms. The zero-order chi connectivity index (χ0) is 40.8. The average Bonchev–Trinajstić information content (AvgIpc) is 3.09. The van der Waals surface area contributed by atoms with E-state index in [4.69, 9.17) is 60.6 Å². The number of halogens is 4. The van der Waals surface area contributed by atoms with Gasteiger partial charge in [0.05, 0.1) is 10.3 Å². The molecule has 0 radical (unpaired) electrons. The highest BCUT2D eigenvalue weighted by atomic mass is 35.6. The van der Waals surface area contributed by atoms with E-state index in [0.717, 1.165) is 5.56 Å². The molecule has 0 aliphatic carbocycles. The summed E-state index contributed by atoms with van der Waals surface area (Å²) in [4.78, 5) is 63.3. The van der Waals surface area contributed by atoms with Crippen molar-refractivity contribution in [1.82, 2.24) is 5.32 Å². The van der Waals surface area contributed by atoms with E-state index >= 15 is 0 Å². The number of amides is 1. The Bertz CT molecular complexity index is 1670. The highest BCUT2D eigenvalue weighted by Gasteiger charge is 2.35. The van der Waals surface area contributed by atoms with Crippen LogP contribution in [0.3, 0.4) is 0 Å². The fourth-order valence-corrected chi connectivity index (χ4v) is 5.08. The molecular formula is C39H48Cl4N2O9. The maximum absolute atomic E-state index is 13.6. The molecule has 0 heterocycles. The van der Waals surface area contributed by atoms with Gasteiger partial charge in [0.2, 0.25) is 9.70 Å². The number of aryl methyl sites for hydroxylation is 1. The van der Waals surface area contributed by atoms with Crippen LogP contribution in [0.15, 0.2) is 60.7 Å². The topological polar surface area (TPSA) is 151 Å². The molecule has 4 atom stereocenters. The van der Waals surface area contributed by atoms with E-state index in [2.05, 4.69) is 5.32 Å². The van der Waals surface area contributed by atoms with E-state index < -0.39 is 68.7 Å². The molecule has 0 aromatic heterocycles. The van der Waals surface area contributed by atoms with E-state index in [1.54, 1.807) is 63.3 Å². The molecule has 0 unspecified atom stereocenters. The van der Waals surface area contributed by atoms with Gasteiger partial charge in [0.1, 0.15) is 18.8 Å². The number of esters is 3. The van der Waals surface area contributed by atoms with Gasteiger partial charge in [0.15, 0.2) is 6.10 Å². The number of nitro groups is 1. The van der Waals surface area contributed by atoms with Gasteiger partial charge in [-0.05, 0) is 80.5 Å². The molecule has 2 aromatic carbocycles. The van der Waals surface area contributed by atoms with Gasteiger partial charge >= 0.3 is 17.9 Å². The monoisotopic (exact) mass is 828 g/mol. The molecule has 2 aromatic rings. The van der Waals surface area contributed by atoms with E-state index in [1.807, 2.05) is 27.7 Å². The number of ether oxygens (including phenoxy) is 3. The zero-order valence-electron chi connectivity index (χ0n) is 31.4. The third-order valence-corrected chi connectivity index (χ3v) is 9.21. The summed E-state index contributed by atoms with van der Waals surface area (Å²) < 4.78 is 14.9. The lowest BCUT2D eigenvalue weighted by atomic mass is 9.90. The number of hydrogen-bond acceptors (Lipinski definition) is 9. The first-order valence-corrected chi connectivity index (χ1v) is 18.9. The van der Waals surface area contributed by atoms with Crippen LogP contribution in [0.2, 0.25) is 5.02 Å². The first-order valence-electron chi connectivity index (χ1n) is 17.4. The minimum Gasteiger partial charge on any atom is -0.460 e. The standard InChI is InChI=1S/C39H48Cl4N2O9/c1-8-38(6,7)37(49)54-33(20-24(2)3)36(48)53-32(26(5)13-14-27-16-18-29(19-17-27)45(50)51)10-9-11-34(46)44-31(35(47)52-23-39(41,42)43)22-28-15-12-25(4)30(40)21-28/h9,11-19,21,24,26,31-33H,8,10,20,22-23H2,1-7H3,(H,44,46)/b11-9+,14-13+/t26-,31-,32+,33+/m1/s1. The van der Waals surface area contributed by atoms with Crippen LogP contribution in [0.1, 0.15) is 77.5 Å². The lowest BCUT2D eigenvalue weighted by Gasteiger charge is -2.28. The number of nitro benzene ring substituents is 1. The van der Waals surface area contributed by atoms with Crippen LogP contribution in [0, 0.1) is 34.3 Å². The summed E-state index contributed by atoms with van der Waals surface area (Å²) in [5, 5.41) is 14.2. The fourth-order valence-electron chi connectivity index (χ4n) is 4.72. The van der Waals surface area contributed by atoms with Gasteiger partial charge in [-0.3, -0.25) is 19.7 Å². The summed E-state index contributed by atoms with van der Waals surface area (Å²) in [5.74, 6) is -3.22. The summed E-state index contributed by atoms with van der Waals surface area (Å²) in [6.07, 6.45) is 4.95. The number of nitrogens with zero attached hydrogens (tertiary/aromatic N) is 1. The van der Waals surface area contributed by atoms with Crippen LogP contribution in [0.5, 0.6) is 0 Å². The molecule has 2 rings (SSSR count). The van der Waals surface area contributed by atoms with E-state index in [-0.39, 0.29) is 30.9 Å². The molecule has 0 aliphatic heterocycles. The van der Waals surface area contributed by atoms with Crippen molar-refractivity contribution in [3.8, 4) is 0 Å². The molecule has 0 aliphatic rings. The van der Waals surface area contributed by atoms with Crippen LogP contribution < -0.4 is 5.32 Å². The van der Waals surface area contributed by atoms with Crippen molar-refractivity contribution in [2.45, 2.75) is 96.2 Å². The van der Waals surface area contributed by atoms with Crippen LogP contribution in [-0.4, -0.2) is 57.4 Å². The first-order chi connectivity index (χ1) is 25.1. The summed E-state index contributed by atoms with van der Waals surface area (Å²) in [6, 6.07) is 9.95. The lowest BCUT2D eigenvalue weighted by molar-refractivity contribution is -0.384. The second kappa shape index (κ2) is 21.5. The Morgan fingerprint density at radius 2 is 1.63 bits per heavy atom. The normalized spacial score (nSPS) is 14.4. The molecule has 0 bridgehead atoms. The lowest BCUT2D eigenvalue weighted by Crippen LogP contribution is -2.43. The third kappa shape index (κ3) is 16.4. The summed E-state index contributed by atoms with van der Waals surface area (Å²) in [7, 11) is 0. The van der Waals surface area contributed by atoms with E-state index in [9.17, 15) is 29.3 Å². The molecule has 1 N–H and O–H groups in total. The minimum atomic E-state index is -1.87. The van der Waals surface area contributed by atoms with Gasteiger partial charge in [0.25, 0.3) is 5.69 Å². The van der Waals surface area contributed by atoms with Crippen LogP contribution in [-0.2, 0) is 39.8 Å². The Balaban J connectivity index is 2.34. The van der Waals surface area contributed by atoms with Crippen LogP contribution >= 0.6 is 46.4 Å². The largest absolute Gasteiger partial charge is 0.460 e. The molecular weight excluding hydrogens is 782 g/mol. The summed E-state index contributed by atoms with van der Waals surface area (Å²) in [6.45, 7) is 12.2. The summed E-state index contributed by atoms with van der Waals surface area (Å²) >= 11 is 23.6. The SMILES string of the molecule is CCC(C)(C)C(=O)O[C@@H](CC(C)C)C(=O)O[C@@H](C/C=C/C(=O)N[C@H](Cc1ccc(C)c(Cl)c1)C(=O)OCC(Cl)(Cl)Cl)[C@H](C)/C=C/c1ccc([N+](=O)[O-])cc1. The van der Waals surface area contributed by atoms with Crippen molar-refractivity contribution in [3.05, 3.63) is 92.5 Å². The highest BCUT2D eigenvalue weighted by Crippen LogP contribution is 2.27. The van der Waals surface area contributed by atoms with Gasteiger partial charge in [-0.1, -0.05) is 104 Å². The number of rotatable bonds is 19. The second-order valence-electron chi connectivity index (χ2n) is 14.0. The van der Waals surface area contributed by atoms with Gasteiger partial charge < -0.3 is 19.5 Å².